The van der Waals surface area contributed by atoms with Gasteiger partial charge in [0, 0.05) is 18.7 Å². The van der Waals surface area contributed by atoms with E-state index in [1.54, 1.807) is 6.07 Å². The molecule has 2 aliphatic rings. The van der Waals surface area contributed by atoms with Gasteiger partial charge in [-0.25, -0.2) is 5.10 Å². The molecule has 0 aromatic carbocycles. The number of aromatic amines is 1. The molecule has 4 nitrogen and oxygen atoms in total. The minimum absolute atomic E-state index is 0.119. The topological polar surface area (TPSA) is 49.0 Å². The van der Waals surface area contributed by atoms with E-state index in [4.69, 9.17) is 0 Å². The van der Waals surface area contributed by atoms with Crippen molar-refractivity contribution in [3.05, 3.63) is 22.5 Å². The standard InChI is InChI=1S/C13H19N3O/c17-13-8-7-12(14-15-13)16-9-3-5-10-4-1-2-6-11(10)16/h7-8,10-11H,1-6,9H2,(H,15,17)/t10-,11-/m1/s1. The number of rotatable bonds is 1. The van der Waals surface area contributed by atoms with Crippen molar-refractivity contribution in [3.8, 4) is 0 Å². The molecule has 1 aromatic heterocycles. The molecule has 0 unspecified atom stereocenters. The second-order valence-corrected chi connectivity index (χ2v) is 5.23. The molecule has 0 bridgehead atoms. The Labute approximate surface area is 101 Å². The summed E-state index contributed by atoms with van der Waals surface area (Å²) in [6.07, 6.45) is 7.98. The predicted molar refractivity (Wildman–Crippen MR) is 67.2 cm³/mol. The van der Waals surface area contributed by atoms with E-state index < -0.39 is 0 Å². The first-order valence-corrected chi connectivity index (χ1v) is 6.67. The maximum atomic E-state index is 11.1. The lowest BCUT2D eigenvalue weighted by atomic mass is 9.78. The zero-order valence-corrected chi connectivity index (χ0v) is 10.1. The SMILES string of the molecule is O=c1ccc(N2CCC[C@H]3CCCC[C@H]32)n[nH]1. The van der Waals surface area contributed by atoms with Gasteiger partial charge in [-0.05, 0) is 37.7 Å². The Hall–Kier alpha value is -1.32. The van der Waals surface area contributed by atoms with Crippen molar-refractivity contribution in [2.45, 2.75) is 44.6 Å². The normalized spacial score (nSPS) is 28.8. The molecule has 1 aliphatic heterocycles. The molecule has 0 spiro atoms. The lowest BCUT2D eigenvalue weighted by Gasteiger charge is -2.44. The summed E-state index contributed by atoms with van der Waals surface area (Å²) < 4.78 is 0. The van der Waals surface area contributed by atoms with E-state index in [2.05, 4.69) is 15.1 Å². The minimum Gasteiger partial charge on any atom is -0.352 e. The van der Waals surface area contributed by atoms with Crippen LogP contribution in [-0.4, -0.2) is 22.8 Å². The Morgan fingerprint density at radius 2 is 2.00 bits per heavy atom. The Kier molecular flexibility index (Phi) is 2.87. The van der Waals surface area contributed by atoms with Gasteiger partial charge in [-0.15, -0.1) is 0 Å². The lowest BCUT2D eigenvalue weighted by molar-refractivity contribution is 0.242. The largest absolute Gasteiger partial charge is 0.352 e. The predicted octanol–water partition coefficient (Wildman–Crippen LogP) is 1.93. The van der Waals surface area contributed by atoms with Gasteiger partial charge in [0.1, 0.15) is 5.82 Å². The fraction of sp³-hybridized carbons (Fsp3) is 0.692. The highest BCUT2D eigenvalue weighted by molar-refractivity contribution is 5.39. The number of fused-ring (bicyclic) bond motifs is 1. The van der Waals surface area contributed by atoms with Crippen LogP contribution in [0, 0.1) is 5.92 Å². The van der Waals surface area contributed by atoms with E-state index in [1.165, 1.54) is 38.5 Å². The summed E-state index contributed by atoms with van der Waals surface area (Å²) in [5, 5.41) is 6.73. The second-order valence-electron chi connectivity index (χ2n) is 5.23. The molecule has 1 saturated heterocycles. The molecule has 1 aromatic rings. The number of anilines is 1. The summed E-state index contributed by atoms with van der Waals surface area (Å²) in [5.41, 5.74) is -0.119. The summed E-state index contributed by atoms with van der Waals surface area (Å²) in [7, 11) is 0. The molecule has 3 rings (SSSR count). The lowest BCUT2D eigenvalue weighted by Crippen LogP contribution is -2.47. The summed E-state index contributed by atoms with van der Waals surface area (Å²) >= 11 is 0. The van der Waals surface area contributed by atoms with Crippen molar-refractivity contribution < 1.29 is 0 Å². The Balaban J connectivity index is 1.85. The highest BCUT2D eigenvalue weighted by Crippen LogP contribution is 2.36. The van der Waals surface area contributed by atoms with E-state index in [0.29, 0.717) is 6.04 Å². The molecular formula is C13H19N3O. The first kappa shape index (κ1) is 10.8. The van der Waals surface area contributed by atoms with Crippen LogP contribution >= 0.6 is 0 Å². The van der Waals surface area contributed by atoms with Gasteiger partial charge in [-0.1, -0.05) is 12.8 Å². The third-order valence-corrected chi connectivity index (χ3v) is 4.20. The third-order valence-electron chi connectivity index (χ3n) is 4.20. The summed E-state index contributed by atoms with van der Waals surface area (Å²) in [6.45, 7) is 1.08. The van der Waals surface area contributed by atoms with Crippen LogP contribution in [0.2, 0.25) is 0 Å². The van der Waals surface area contributed by atoms with E-state index in [-0.39, 0.29) is 5.56 Å². The first-order valence-electron chi connectivity index (χ1n) is 6.67. The summed E-state index contributed by atoms with van der Waals surface area (Å²) in [5.74, 6) is 1.78. The van der Waals surface area contributed by atoms with Gasteiger partial charge < -0.3 is 4.90 Å². The Morgan fingerprint density at radius 1 is 1.18 bits per heavy atom. The Bertz CT molecular complexity index is 420. The number of nitrogens with zero attached hydrogens (tertiary/aromatic N) is 2. The second kappa shape index (κ2) is 4.51. The monoisotopic (exact) mass is 233 g/mol. The van der Waals surface area contributed by atoms with Crippen LogP contribution in [0.5, 0.6) is 0 Å². The van der Waals surface area contributed by atoms with Gasteiger partial charge in [0.25, 0.3) is 5.56 Å². The van der Waals surface area contributed by atoms with Gasteiger partial charge in [0.2, 0.25) is 0 Å². The minimum atomic E-state index is -0.119. The highest BCUT2D eigenvalue weighted by Gasteiger charge is 2.33. The van der Waals surface area contributed by atoms with E-state index >= 15 is 0 Å². The van der Waals surface area contributed by atoms with Gasteiger partial charge in [0.15, 0.2) is 0 Å². The van der Waals surface area contributed by atoms with Crippen LogP contribution in [0.15, 0.2) is 16.9 Å². The smallest absolute Gasteiger partial charge is 0.264 e. The van der Waals surface area contributed by atoms with Gasteiger partial charge in [0.05, 0.1) is 0 Å². The fourth-order valence-corrected chi connectivity index (χ4v) is 3.41. The molecule has 0 radical (unpaired) electrons. The summed E-state index contributed by atoms with van der Waals surface area (Å²) in [6, 6.07) is 4.08. The number of hydrogen-bond donors (Lipinski definition) is 1. The number of aromatic nitrogens is 2. The van der Waals surface area contributed by atoms with E-state index in [1.807, 2.05) is 6.07 Å². The molecular weight excluding hydrogens is 214 g/mol. The first-order chi connectivity index (χ1) is 8.34. The van der Waals surface area contributed by atoms with Crippen molar-refractivity contribution in [3.63, 3.8) is 0 Å². The quantitative estimate of drug-likeness (QED) is 0.806. The zero-order valence-electron chi connectivity index (χ0n) is 10.1. The van der Waals surface area contributed by atoms with E-state index in [9.17, 15) is 4.79 Å². The van der Waals surface area contributed by atoms with Gasteiger partial charge in [-0.2, -0.15) is 5.10 Å². The van der Waals surface area contributed by atoms with Crippen molar-refractivity contribution in [2.75, 3.05) is 11.4 Å². The van der Waals surface area contributed by atoms with Crippen LogP contribution in [0.25, 0.3) is 0 Å². The number of H-pyrrole nitrogens is 1. The third kappa shape index (κ3) is 2.08. The van der Waals surface area contributed by atoms with Crippen molar-refractivity contribution in [2.24, 2.45) is 5.92 Å². The molecule has 1 saturated carbocycles. The highest BCUT2D eigenvalue weighted by atomic mass is 16.1. The van der Waals surface area contributed by atoms with Gasteiger partial charge in [-0.3, -0.25) is 4.79 Å². The maximum Gasteiger partial charge on any atom is 0.264 e. The van der Waals surface area contributed by atoms with Crippen molar-refractivity contribution in [1.29, 1.82) is 0 Å². The van der Waals surface area contributed by atoms with Crippen LogP contribution in [-0.2, 0) is 0 Å². The maximum absolute atomic E-state index is 11.1. The molecule has 17 heavy (non-hydrogen) atoms. The molecule has 2 fully saturated rings. The number of piperidine rings is 1. The van der Waals surface area contributed by atoms with Crippen LogP contribution in [0.1, 0.15) is 38.5 Å². The fourth-order valence-electron chi connectivity index (χ4n) is 3.41. The number of nitrogens with one attached hydrogen (secondary N) is 1. The summed E-state index contributed by atoms with van der Waals surface area (Å²) in [4.78, 5) is 13.5. The van der Waals surface area contributed by atoms with Gasteiger partial charge >= 0.3 is 0 Å². The van der Waals surface area contributed by atoms with E-state index in [0.717, 1.165) is 18.3 Å². The van der Waals surface area contributed by atoms with Crippen LogP contribution in [0.4, 0.5) is 5.82 Å². The average molecular weight is 233 g/mol. The number of hydrogen-bond acceptors (Lipinski definition) is 3. The van der Waals surface area contributed by atoms with Crippen molar-refractivity contribution >= 4 is 5.82 Å². The molecule has 1 aliphatic carbocycles. The molecule has 2 atom stereocenters. The Morgan fingerprint density at radius 3 is 2.82 bits per heavy atom. The zero-order chi connectivity index (χ0) is 11.7. The average Bonchev–Trinajstić information content (AvgIpc) is 2.39. The molecule has 1 N–H and O–H groups in total. The van der Waals surface area contributed by atoms with Crippen LogP contribution < -0.4 is 10.5 Å². The molecule has 4 heteroatoms. The van der Waals surface area contributed by atoms with Crippen molar-refractivity contribution in [1.82, 2.24) is 10.2 Å². The molecule has 92 valence electrons. The molecule has 0 amide bonds. The molecule has 2 heterocycles. The van der Waals surface area contributed by atoms with Crippen LogP contribution in [0.3, 0.4) is 0 Å².